The topological polar surface area (TPSA) is 12.0 Å². The van der Waals surface area contributed by atoms with Gasteiger partial charge in [-0.05, 0) is 26.2 Å². The average molecular weight is 139 g/mol. The summed E-state index contributed by atoms with van der Waals surface area (Å²) in [6.45, 7) is 9.71. The van der Waals surface area contributed by atoms with Gasteiger partial charge in [0, 0.05) is 12.7 Å². The molecular weight excluding hydrogens is 122 g/mol. The van der Waals surface area contributed by atoms with Crippen LogP contribution in [0.15, 0.2) is 24.4 Å². The first kappa shape index (κ1) is 9.28. The van der Waals surface area contributed by atoms with Crippen molar-refractivity contribution in [1.29, 1.82) is 0 Å². The lowest BCUT2D eigenvalue weighted by Crippen LogP contribution is -2.03. The van der Waals surface area contributed by atoms with Crippen LogP contribution >= 0.6 is 0 Å². The fourth-order valence-corrected chi connectivity index (χ4v) is 0.729. The van der Waals surface area contributed by atoms with E-state index in [1.807, 2.05) is 7.05 Å². The van der Waals surface area contributed by atoms with Gasteiger partial charge < -0.3 is 5.32 Å². The predicted octanol–water partition coefficient (Wildman–Crippen LogP) is 2.47. The number of hydrogen-bond donors (Lipinski definition) is 1. The Balaban J connectivity index is 3.20. The molecule has 0 saturated heterocycles. The molecule has 0 unspecified atom stereocenters. The van der Waals surface area contributed by atoms with Crippen LogP contribution in [0.25, 0.3) is 0 Å². The van der Waals surface area contributed by atoms with Gasteiger partial charge in [-0.15, -0.1) is 6.58 Å². The monoisotopic (exact) mass is 139 g/mol. The Bertz CT molecular complexity index is 125. The van der Waals surface area contributed by atoms with Crippen molar-refractivity contribution in [2.24, 2.45) is 0 Å². The molecule has 0 aromatic carbocycles. The molecule has 0 saturated carbocycles. The van der Waals surface area contributed by atoms with Crippen molar-refractivity contribution < 1.29 is 0 Å². The van der Waals surface area contributed by atoms with Gasteiger partial charge in [0.15, 0.2) is 0 Å². The van der Waals surface area contributed by atoms with Gasteiger partial charge in [-0.2, -0.15) is 0 Å². The van der Waals surface area contributed by atoms with Crippen molar-refractivity contribution in [2.45, 2.75) is 26.2 Å². The van der Waals surface area contributed by atoms with E-state index in [1.165, 1.54) is 5.57 Å². The van der Waals surface area contributed by atoms with Crippen molar-refractivity contribution >= 4 is 0 Å². The molecule has 0 atom stereocenters. The summed E-state index contributed by atoms with van der Waals surface area (Å²) in [5, 5.41) is 3.01. The highest BCUT2D eigenvalue weighted by Crippen LogP contribution is 2.06. The predicted molar refractivity (Wildman–Crippen MR) is 46.9 cm³/mol. The molecule has 1 nitrogen and oxygen atoms in total. The molecule has 0 spiro atoms. The van der Waals surface area contributed by atoms with Crippen LogP contribution in [0.2, 0.25) is 0 Å². The first-order valence-electron chi connectivity index (χ1n) is 3.66. The standard InChI is InChI=1S/C9H17N/c1-8(2)6-5-7-9(3)10-4/h10H,1,3,5-7H2,2,4H3. The normalized spacial score (nSPS) is 9.00. The molecular formula is C9H17N. The second-order valence-corrected chi connectivity index (χ2v) is 2.66. The smallest absolute Gasteiger partial charge is 0.00311 e. The summed E-state index contributed by atoms with van der Waals surface area (Å²) >= 11 is 0. The number of nitrogens with one attached hydrogen (secondary N) is 1. The second kappa shape index (κ2) is 5.10. The summed E-state index contributed by atoms with van der Waals surface area (Å²) in [5.74, 6) is 0. The van der Waals surface area contributed by atoms with E-state index in [-0.39, 0.29) is 0 Å². The van der Waals surface area contributed by atoms with Crippen LogP contribution in [0.3, 0.4) is 0 Å². The largest absolute Gasteiger partial charge is 0.392 e. The summed E-state index contributed by atoms with van der Waals surface area (Å²) in [6.07, 6.45) is 3.33. The molecule has 0 bridgehead atoms. The van der Waals surface area contributed by atoms with Gasteiger partial charge in [0.2, 0.25) is 0 Å². The molecule has 0 radical (unpaired) electrons. The van der Waals surface area contributed by atoms with Crippen LogP contribution in [0.5, 0.6) is 0 Å². The van der Waals surface area contributed by atoms with E-state index < -0.39 is 0 Å². The molecule has 1 N–H and O–H groups in total. The third-order valence-electron chi connectivity index (χ3n) is 1.44. The summed E-state index contributed by atoms with van der Waals surface area (Å²) in [5.41, 5.74) is 2.37. The molecule has 0 aliphatic rings. The Morgan fingerprint density at radius 3 is 2.30 bits per heavy atom. The van der Waals surface area contributed by atoms with Crippen molar-refractivity contribution in [3.63, 3.8) is 0 Å². The lowest BCUT2D eigenvalue weighted by molar-refractivity contribution is 0.761. The van der Waals surface area contributed by atoms with Crippen LogP contribution in [0, 0.1) is 0 Å². The zero-order chi connectivity index (χ0) is 7.98. The Morgan fingerprint density at radius 1 is 1.30 bits per heavy atom. The van der Waals surface area contributed by atoms with Crippen LogP contribution in [0.4, 0.5) is 0 Å². The summed E-state index contributed by atoms with van der Waals surface area (Å²) in [7, 11) is 1.91. The second-order valence-electron chi connectivity index (χ2n) is 2.66. The van der Waals surface area contributed by atoms with E-state index in [1.54, 1.807) is 0 Å². The highest BCUT2D eigenvalue weighted by Gasteiger charge is 1.90. The Kier molecular flexibility index (Phi) is 4.73. The van der Waals surface area contributed by atoms with E-state index >= 15 is 0 Å². The van der Waals surface area contributed by atoms with Gasteiger partial charge in [0.05, 0.1) is 0 Å². The third kappa shape index (κ3) is 5.42. The molecule has 0 aromatic heterocycles. The van der Waals surface area contributed by atoms with E-state index in [9.17, 15) is 0 Å². The van der Waals surface area contributed by atoms with E-state index in [0.29, 0.717) is 0 Å². The first-order chi connectivity index (χ1) is 4.66. The van der Waals surface area contributed by atoms with Gasteiger partial charge >= 0.3 is 0 Å². The van der Waals surface area contributed by atoms with Gasteiger partial charge in [-0.25, -0.2) is 0 Å². The quantitative estimate of drug-likeness (QED) is 0.577. The fraction of sp³-hybridized carbons (Fsp3) is 0.556. The Hall–Kier alpha value is -0.720. The highest BCUT2D eigenvalue weighted by molar-refractivity contribution is 4.93. The van der Waals surface area contributed by atoms with Crippen molar-refractivity contribution in [3.05, 3.63) is 24.4 Å². The summed E-state index contributed by atoms with van der Waals surface area (Å²) in [6, 6.07) is 0. The molecule has 0 aromatic rings. The number of rotatable bonds is 5. The molecule has 0 aliphatic carbocycles. The zero-order valence-corrected chi connectivity index (χ0v) is 7.04. The molecule has 0 aliphatic heterocycles. The third-order valence-corrected chi connectivity index (χ3v) is 1.44. The molecule has 0 fully saturated rings. The minimum Gasteiger partial charge on any atom is -0.392 e. The Labute approximate surface area is 63.8 Å². The minimum absolute atomic E-state index is 1.06. The minimum atomic E-state index is 1.06. The SMILES string of the molecule is C=C(C)CCCC(=C)NC. The molecule has 0 rings (SSSR count). The van der Waals surface area contributed by atoms with E-state index in [4.69, 9.17) is 0 Å². The maximum Gasteiger partial charge on any atom is 0.00311 e. The van der Waals surface area contributed by atoms with Crippen LogP contribution in [0.1, 0.15) is 26.2 Å². The fourth-order valence-electron chi connectivity index (χ4n) is 0.729. The van der Waals surface area contributed by atoms with Crippen molar-refractivity contribution in [2.75, 3.05) is 7.05 Å². The van der Waals surface area contributed by atoms with Crippen LogP contribution in [-0.2, 0) is 0 Å². The Morgan fingerprint density at radius 2 is 1.90 bits per heavy atom. The first-order valence-corrected chi connectivity index (χ1v) is 3.66. The van der Waals surface area contributed by atoms with E-state index in [0.717, 1.165) is 25.0 Å². The number of allylic oxidation sites excluding steroid dienone is 2. The average Bonchev–Trinajstić information content (AvgIpc) is 1.87. The molecule has 58 valence electrons. The van der Waals surface area contributed by atoms with Gasteiger partial charge in [0.25, 0.3) is 0 Å². The highest BCUT2D eigenvalue weighted by atomic mass is 14.8. The molecule has 10 heavy (non-hydrogen) atoms. The lowest BCUT2D eigenvalue weighted by atomic mass is 10.1. The van der Waals surface area contributed by atoms with E-state index in [2.05, 4.69) is 25.4 Å². The van der Waals surface area contributed by atoms with Gasteiger partial charge in [-0.1, -0.05) is 12.2 Å². The van der Waals surface area contributed by atoms with Crippen LogP contribution < -0.4 is 5.32 Å². The van der Waals surface area contributed by atoms with Gasteiger partial charge in [-0.3, -0.25) is 0 Å². The molecule has 0 amide bonds. The molecule has 1 heteroatoms. The lowest BCUT2D eigenvalue weighted by Gasteiger charge is -2.03. The van der Waals surface area contributed by atoms with Crippen molar-refractivity contribution in [3.8, 4) is 0 Å². The van der Waals surface area contributed by atoms with Crippen LogP contribution in [-0.4, -0.2) is 7.05 Å². The zero-order valence-electron chi connectivity index (χ0n) is 7.04. The summed E-state index contributed by atoms with van der Waals surface area (Å²) < 4.78 is 0. The number of hydrogen-bond acceptors (Lipinski definition) is 1. The van der Waals surface area contributed by atoms with Crippen molar-refractivity contribution in [1.82, 2.24) is 5.32 Å². The summed E-state index contributed by atoms with van der Waals surface area (Å²) in [4.78, 5) is 0. The maximum atomic E-state index is 3.83. The van der Waals surface area contributed by atoms with Gasteiger partial charge in [0.1, 0.15) is 0 Å². The maximum absolute atomic E-state index is 3.83. The molecule has 0 heterocycles.